The number of aryl methyl sites for hydroxylation is 1. The second kappa shape index (κ2) is 6.58. The lowest BCUT2D eigenvalue weighted by molar-refractivity contribution is -0.140. The van der Waals surface area contributed by atoms with E-state index in [0.29, 0.717) is 23.1 Å². The number of fused-ring (bicyclic) bond motifs is 4. The van der Waals surface area contributed by atoms with Crippen LogP contribution in [-0.2, 0) is 19.2 Å². The second-order valence-corrected chi connectivity index (χ2v) is 10.5. The van der Waals surface area contributed by atoms with E-state index in [1.54, 1.807) is 25.1 Å². The molecule has 2 saturated heterocycles. The quantitative estimate of drug-likeness (QED) is 0.381. The molecule has 5 rings (SSSR count). The molecule has 4 amide bonds. The van der Waals surface area contributed by atoms with Gasteiger partial charge in [-0.05, 0) is 31.2 Å². The lowest BCUT2D eigenvalue weighted by Gasteiger charge is -2.50. The van der Waals surface area contributed by atoms with Crippen molar-refractivity contribution in [3.8, 4) is 5.75 Å². The number of phenols is 1. The van der Waals surface area contributed by atoms with E-state index in [9.17, 15) is 24.3 Å². The number of hydrogen-bond acceptors (Lipinski definition) is 5. The normalized spacial score (nSPS) is 38.6. The topological polar surface area (TPSA) is 95.0 Å². The van der Waals surface area contributed by atoms with Gasteiger partial charge >= 0.3 is 0 Å². The number of allylic oxidation sites excluding steroid dienone is 2. The number of para-hydroxylation sites is 1. The summed E-state index contributed by atoms with van der Waals surface area (Å²) in [4.78, 5) is 50.7. The predicted octanol–water partition coefficient (Wildman–Crippen LogP) is 2.32. The zero-order valence-electron chi connectivity index (χ0n) is 17.8. The van der Waals surface area contributed by atoms with Crippen LogP contribution in [0, 0.1) is 24.7 Å². The molecule has 6 atom stereocenters. The van der Waals surface area contributed by atoms with Crippen LogP contribution in [-0.4, -0.2) is 62.4 Å². The molecule has 1 aromatic rings. The average molecular weight is 477 g/mol. The largest absolute Gasteiger partial charge is 0.507 e. The molecule has 0 radical (unpaired) electrons. The van der Waals surface area contributed by atoms with E-state index in [0.717, 1.165) is 9.80 Å². The van der Waals surface area contributed by atoms with Crippen LogP contribution in [0.4, 0.5) is 0 Å². The first-order valence-electron chi connectivity index (χ1n) is 10.5. The van der Waals surface area contributed by atoms with Gasteiger partial charge in [-0.25, -0.2) is 0 Å². The summed E-state index contributed by atoms with van der Waals surface area (Å²) >= 11 is 14.0. The molecule has 168 valence electrons. The van der Waals surface area contributed by atoms with Gasteiger partial charge in [-0.2, -0.15) is 0 Å². The molecule has 2 aliphatic heterocycles. The monoisotopic (exact) mass is 476 g/mol. The number of rotatable bonds is 1. The van der Waals surface area contributed by atoms with Gasteiger partial charge in [0.25, 0.3) is 11.8 Å². The fraction of sp³-hybridized carbons (Fsp3) is 0.478. The Labute approximate surface area is 194 Å². The first-order valence-corrected chi connectivity index (χ1v) is 11.2. The van der Waals surface area contributed by atoms with Crippen LogP contribution in [0.25, 0.3) is 0 Å². The molecular weight excluding hydrogens is 455 g/mol. The van der Waals surface area contributed by atoms with Crippen LogP contribution < -0.4 is 0 Å². The van der Waals surface area contributed by atoms with E-state index in [4.69, 9.17) is 23.2 Å². The Morgan fingerprint density at radius 3 is 2.38 bits per heavy atom. The number of imide groups is 2. The van der Waals surface area contributed by atoms with Gasteiger partial charge in [0.05, 0.1) is 11.8 Å². The number of halogens is 2. The van der Waals surface area contributed by atoms with E-state index in [-0.39, 0.29) is 24.0 Å². The number of benzene rings is 1. The Kier molecular flexibility index (Phi) is 4.41. The van der Waals surface area contributed by atoms with Crippen LogP contribution in [0.1, 0.15) is 29.9 Å². The average Bonchev–Trinajstić information content (AvgIpc) is 3.06. The highest BCUT2D eigenvalue weighted by molar-refractivity contribution is 6.53. The number of amides is 4. The smallest absolute Gasteiger partial charge is 0.253 e. The standard InChI is InChI=1S/C23H22Cl2N2O5/c1-10-5-4-6-13(17(10)28)16-11-7-8-12-15(19(30)26(2)18(12)29)14(11)9-22(24)20(31)27(3)21(32)23(16,22)25/h4-7,12,14-16,28H,8-9H2,1-3H3. The van der Waals surface area contributed by atoms with Crippen molar-refractivity contribution >= 4 is 46.8 Å². The molecule has 32 heavy (non-hydrogen) atoms. The molecule has 0 bridgehead atoms. The van der Waals surface area contributed by atoms with Crippen molar-refractivity contribution in [3.05, 3.63) is 41.0 Å². The van der Waals surface area contributed by atoms with Crippen LogP contribution in [0.15, 0.2) is 29.8 Å². The van der Waals surface area contributed by atoms with Crippen molar-refractivity contribution in [2.45, 2.75) is 35.4 Å². The number of carbonyl (C=O) groups is 4. The maximum atomic E-state index is 13.4. The van der Waals surface area contributed by atoms with Crippen LogP contribution in [0.5, 0.6) is 5.75 Å². The number of phenolic OH excluding ortho intramolecular Hbond substituents is 1. The minimum absolute atomic E-state index is 0.0408. The van der Waals surface area contributed by atoms with Gasteiger partial charge in [0.15, 0.2) is 9.75 Å². The molecule has 7 nitrogen and oxygen atoms in total. The fourth-order valence-corrected chi connectivity index (χ4v) is 7.17. The maximum Gasteiger partial charge on any atom is 0.253 e. The van der Waals surface area contributed by atoms with Gasteiger partial charge in [0.1, 0.15) is 5.75 Å². The number of alkyl halides is 2. The Morgan fingerprint density at radius 2 is 1.69 bits per heavy atom. The van der Waals surface area contributed by atoms with Crippen molar-refractivity contribution in [2.24, 2.45) is 17.8 Å². The van der Waals surface area contributed by atoms with E-state index >= 15 is 0 Å². The number of hydrogen-bond donors (Lipinski definition) is 1. The number of nitrogens with zero attached hydrogens (tertiary/aromatic N) is 2. The van der Waals surface area contributed by atoms with Crippen molar-refractivity contribution in [1.29, 1.82) is 0 Å². The SMILES string of the molecule is Cc1cccc(C2C3=CCC4C(=O)N(C)C(=O)C4C3CC3(Cl)C(=O)N(C)C(=O)C23Cl)c1O. The van der Waals surface area contributed by atoms with Crippen LogP contribution >= 0.6 is 23.2 Å². The molecule has 0 spiro atoms. The summed E-state index contributed by atoms with van der Waals surface area (Å²) in [6, 6.07) is 5.12. The van der Waals surface area contributed by atoms with Crippen molar-refractivity contribution in [1.82, 2.24) is 9.80 Å². The van der Waals surface area contributed by atoms with Gasteiger partial charge < -0.3 is 5.11 Å². The van der Waals surface area contributed by atoms with E-state index in [1.165, 1.54) is 14.1 Å². The molecule has 1 aromatic carbocycles. The maximum absolute atomic E-state index is 13.4. The number of carbonyl (C=O) groups excluding carboxylic acids is 4. The second-order valence-electron chi connectivity index (χ2n) is 9.25. The highest BCUT2D eigenvalue weighted by atomic mass is 35.5. The summed E-state index contributed by atoms with van der Waals surface area (Å²) in [6.07, 6.45) is 2.11. The van der Waals surface area contributed by atoms with Crippen LogP contribution in [0.2, 0.25) is 0 Å². The third-order valence-electron chi connectivity index (χ3n) is 7.81. The molecule has 4 aliphatic rings. The van der Waals surface area contributed by atoms with Crippen molar-refractivity contribution in [2.75, 3.05) is 14.1 Å². The third-order valence-corrected chi connectivity index (χ3v) is 9.23. The summed E-state index contributed by atoms with van der Waals surface area (Å²) in [7, 11) is 2.79. The van der Waals surface area contributed by atoms with E-state index in [1.807, 2.05) is 6.08 Å². The van der Waals surface area contributed by atoms with Gasteiger partial charge in [0.2, 0.25) is 11.8 Å². The van der Waals surface area contributed by atoms with Crippen molar-refractivity contribution < 1.29 is 24.3 Å². The number of aromatic hydroxyl groups is 1. The third kappa shape index (κ3) is 2.28. The molecule has 2 heterocycles. The highest BCUT2D eigenvalue weighted by Gasteiger charge is 2.76. The summed E-state index contributed by atoms with van der Waals surface area (Å²) in [6.45, 7) is 1.72. The zero-order valence-corrected chi connectivity index (χ0v) is 19.3. The van der Waals surface area contributed by atoms with Gasteiger partial charge in [-0.1, -0.05) is 29.8 Å². The fourth-order valence-electron chi connectivity index (χ4n) is 6.16. The van der Waals surface area contributed by atoms with Gasteiger partial charge in [0, 0.05) is 25.6 Å². The van der Waals surface area contributed by atoms with Gasteiger partial charge in [-0.3, -0.25) is 29.0 Å². The minimum Gasteiger partial charge on any atom is -0.507 e. The molecule has 9 heteroatoms. The summed E-state index contributed by atoms with van der Waals surface area (Å²) in [5.41, 5.74) is 1.63. The minimum atomic E-state index is -1.88. The van der Waals surface area contributed by atoms with Crippen molar-refractivity contribution in [3.63, 3.8) is 0 Å². The Hall–Kier alpha value is -2.38. The Balaban J connectivity index is 1.78. The lowest BCUT2D eigenvalue weighted by Crippen LogP contribution is -2.60. The molecular formula is C23H22Cl2N2O5. The zero-order chi connectivity index (χ0) is 23.3. The molecule has 0 aromatic heterocycles. The highest BCUT2D eigenvalue weighted by Crippen LogP contribution is 2.65. The van der Waals surface area contributed by atoms with Crippen LogP contribution in [0.3, 0.4) is 0 Å². The molecule has 2 aliphatic carbocycles. The van der Waals surface area contributed by atoms with E-state index in [2.05, 4.69) is 0 Å². The summed E-state index contributed by atoms with van der Waals surface area (Å²) in [5, 5.41) is 10.9. The first-order chi connectivity index (χ1) is 15.0. The molecule has 6 unspecified atom stereocenters. The summed E-state index contributed by atoms with van der Waals surface area (Å²) in [5.74, 6) is -4.63. The van der Waals surface area contributed by atoms with E-state index < -0.39 is 45.2 Å². The van der Waals surface area contributed by atoms with Gasteiger partial charge in [-0.15, -0.1) is 23.2 Å². The Bertz CT molecular complexity index is 1150. The Morgan fingerprint density at radius 1 is 1.00 bits per heavy atom. The predicted molar refractivity (Wildman–Crippen MR) is 116 cm³/mol. The molecule has 1 saturated carbocycles. The first kappa shape index (κ1) is 21.5. The lowest BCUT2D eigenvalue weighted by atomic mass is 9.56. The number of likely N-dealkylation sites (tertiary alicyclic amines) is 2. The molecule has 1 N–H and O–H groups in total. The molecule has 3 fully saturated rings. The summed E-state index contributed by atoms with van der Waals surface area (Å²) < 4.78 is 0.